The van der Waals surface area contributed by atoms with E-state index in [1.54, 1.807) is 0 Å². The highest BCUT2D eigenvalue weighted by atomic mass is 19.4. The van der Waals surface area contributed by atoms with Crippen LogP contribution >= 0.6 is 0 Å². The molecule has 5 nitrogen and oxygen atoms in total. The maximum absolute atomic E-state index is 12.2. The van der Waals surface area contributed by atoms with E-state index in [0.29, 0.717) is 0 Å². The molecule has 1 aliphatic carbocycles. The number of amides is 1. The first kappa shape index (κ1) is 17.7. The molecule has 0 saturated heterocycles. The van der Waals surface area contributed by atoms with E-state index in [-0.39, 0.29) is 12.0 Å². The summed E-state index contributed by atoms with van der Waals surface area (Å²) in [6.07, 6.45) is -2.49. The van der Waals surface area contributed by atoms with E-state index in [9.17, 15) is 22.8 Å². The number of alkyl halides is 3. The Morgan fingerprint density at radius 2 is 1.95 bits per heavy atom. The van der Waals surface area contributed by atoms with Gasteiger partial charge in [-0.15, -0.1) is 0 Å². The topological polar surface area (TPSA) is 75.6 Å². The van der Waals surface area contributed by atoms with Gasteiger partial charge in [-0.2, -0.15) is 13.2 Å². The molecular formula is C13H20F3NO4. The second kappa shape index (κ2) is 7.63. The molecule has 1 fully saturated rings. The number of halogens is 3. The second-order valence-electron chi connectivity index (χ2n) is 5.39. The molecule has 2 N–H and O–H groups in total. The average molecular weight is 311 g/mol. The molecule has 0 radical (unpaired) electrons. The van der Waals surface area contributed by atoms with Crippen molar-refractivity contribution in [2.45, 2.75) is 57.3 Å². The SMILES string of the molecule is CC1CCCCC1OCC(=O)NC(CC(F)(F)F)C(=O)O. The minimum absolute atomic E-state index is 0.101. The Bertz CT molecular complexity index is 373. The summed E-state index contributed by atoms with van der Waals surface area (Å²) >= 11 is 0. The zero-order chi connectivity index (χ0) is 16.0. The lowest BCUT2D eigenvalue weighted by Crippen LogP contribution is -2.45. The summed E-state index contributed by atoms with van der Waals surface area (Å²) in [6, 6.07) is -1.98. The van der Waals surface area contributed by atoms with E-state index in [1.165, 1.54) is 0 Å². The Hall–Kier alpha value is -1.31. The third-order valence-electron chi connectivity index (χ3n) is 3.53. The predicted molar refractivity (Wildman–Crippen MR) is 67.6 cm³/mol. The fourth-order valence-corrected chi connectivity index (χ4v) is 2.38. The van der Waals surface area contributed by atoms with E-state index >= 15 is 0 Å². The number of carboxylic acids is 1. The molecular weight excluding hydrogens is 291 g/mol. The van der Waals surface area contributed by atoms with Gasteiger partial charge in [0.2, 0.25) is 5.91 Å². The van der Waals surface area contributed by atoms with Crippen molar-refractivity contribution in [1.29, 1.82) is 0 Å². The van der Waals surface area contributed by atoms with Crippen LogP contribution in [0.3, 0.4) is 0 Å². The van der Waals surface area contributed by atoms with Crippen molar-refractivity contribution in [3.8, 4) is 0 Å². The molecule has 3 unspecified atom stereocenters. The maximum atomic E-state index is 12.2. The first-order valence-corrected chi connectivity index (χ1v) is 6.89. The smallest absolute Gasteiger partial charge is 0.391 e. The van der Waals surface area contributed by atoms with Crippen LogP contribution in [0.4, 0.5) is 13.2 Å². The van der Waals surface area contributed by atoms with Crippen LogP contribution in [-0.2, 0) is 14.3 Å². The van der Waals surface area contributed by atoms with Crippen LogP contribution in [0.1, 0.15) is 39.0 Å². The third-order valence-corrected chi connectivity index (χ3v) is 3.53. The molecule has 3 atom stereocenters. The third kappa shape index (κ3) is 6.79. The van der Waals surface area contributed by atoms with Gasteiger partial charge in [0, 0.05) is 0 Å². The summed E-state index contributed by atoms with van der Waals surface area (Å²) in [5, 5.41) is 10.5. The summed E-state index contributed by atoms with van der Waals surface area (Å²) < 4.78 is 42.0. The number of aliphatic carboxylic acids is 1. The highest BCUT2D eigenvalue weighted by Gasteiger charge is 2.36. The number of nitrogens with one attached hydrogen (secondary N) is 1. The van der Waals surface area contributed by atoms with E-state index in [1.807, 2.05) is 12.2 Å². The first-order valence-electron chi connectivity index (χ1n) is 6.89. The van der Waals surface area contributed by atoms with Gasteiger partial charge in [-0.3, -0.25) is 4.79 Å². The molecule has 1 amide bonds. The van der Waals surface area contributed by atoms with E-state index in [4.69, 9.17) is 9.84 Å². The van der Waals surface area contributed by atoms with Crippen LogP contribution in [0.5, 0.6) is 0 Å². The van der Waals surface area contributed by atoms with Gasteiger partial charge in [0.1, 0.15) is 12.6 Å². The lowest BCUT2D eigenvalue weighted by atomic mass is 9.88. The number of carboxylic acid groups (broad SMARTS) is 1. The molecule has 8 heteroatoms. The summed E-state index contributed by atoms with van der Waals surface area (Å²) in [5.74, 6) is -2.27. The van der Waals surface area contributed by atoms with Crippen LogP contribution < -0.4 is 5.32 Å². The minimum atomic E-state index is -4.66. The molecule has 1 saturated carbocycles. The Morgan fingerprint density at radius 1 is 1.33 bits per heavy atom. The van der Waals surface area contributed by atoms with Crippen molar-refractivity contribution in [2.75, 3.05) is 6.61 Å². The van der Waals surface area contributed by atoms with Gasteiger partial charge in [0.15, 0.2) is 0 Å². The molecule has 21 heavy (non-hydrogen) atoms. The highest BCUT2D eigenvalue weighted by molar-refractivity contribution is 5.84. The zero-order valence-corrected chi connectivity index (χ0v) is 11.8. The molecule has 0 spiro atoms. The molecule has 0 aromatic rings. The monoisotopic (exact) mass is 311 g/mol. The highest BCUT2D eigenvalue weighted by Crippen LogP contribution is 2.26. The number of carbonyl (C=O) groups is 2. The Morgan fingerprint density at radius 3 is 2.48 bits per heavy atom. The van der Waals surface area contributed by atoms with Crippen molar-refractivity contribution in [1.82, 2.24) is 5.32 Å². The largest absolute Gasteiger partial charge is 0.480 e. The molecule has 0 aromatic carbocycles. The van der Waals surface area contributed by atoms with Crippen LogP contribution in [0, 0.1) is 5.92 Å². The summed E-state index contributed by atoms with van der Waals surface area (Å²) in [7, 11) is 0. The van der Waals surface area contributed by atoms with Gasteiger partial charge in [-0.05, 0) is 18.8 Å². The van der Waals surface area contributed by atoms with Gasteiger partial charge >= 0.3 is 12.1 Å². The number of carbonyl (C=O) groups excluding carboxylic acids is 1. The van der Waals surface area contributed by atoms with E-state index in [0.717, 1.165) is 25.7 Å². The van der Waals surface area contributed by atoms with Gasteiger partial charge in [0.05, 0.1) is 12.5 Å². The molecule has 0 heterocycles. The van der Waals surface area contributed by atoms with E-state index in [2.05, 4.69) is 0 Å². The molecule has 0 bridgehead atoms. The molecule has 122 valence electrons. The fourth-order valence-electron chi connectivity index (χ4n) is 2.38. The van der Waals surface area contributed by atoms with Crippen molar-refractivity contribution >= 4 is 11.9 Å². The van der Waals surface area contributed by atoms with Gasteiger partial charge in [-0.25, -0.2) is 4.79 Å². The normalized spacial score (nSPS) is 24.4. The minimum Gasteiger partial charge on any atom is -0.480 e. The number of hydrogen-bond donors (Lipinski definition) is 2. The van der Waals surface area contributed by atoms with Gasteiger partial charge < -0.3 is 15.2 Å². The predicted octanol–water partition coefficient (Wildman–Crippen LogP) is 2.10. The lowest BCUT2D eigenvalue weighted by molar-refractivity contribution is -0.160. The second-order valence-corrected chi connectivity index (χ2v) is 5.39. The Kier molecular flexibility index (Phi) is 6.44. The van der Waals surface area contributed by atoms with Crippen molar-refractivity contribution in [3.05, 3.63) is 0 Å². The van der Waals surface area contributed by atoms with Gasteiger partial charge in [-0.1, -0.05) is 19.8 Å². The van der Waals surface area contributed by atoms with Crippen LogP contribution in [0.2, 0.25) is 0 Å². The zero-order valence-electron chi connectivity index (χ0n) is 11.8. The Labute approximate surface area is 120 Å². The first-order chi connectivity index (χ1) is 9.69. The Balaban J connectivity index is 2.41. The van der Waals surface area contributed by atoms with Crippen LogP contribution in [0.15, 0.2) is 0 Å². The molecule has 0 aliphatic heterocycles. The molecule has 0 aromatic heterocycles. The molecule has 1 aliphatic rings. The van der Waals surface area contributed by atoms with Crippen LogP contribution in [-0.4, -0.2) is 41.9 Å². The maximum Gasteiger partial charge on any atom is 0.391 e. The van der Waals surface area contributed by atoms with Gasteiger partial charge in [0.25, 0.3) is 0 Å². The fraction of sp³-hybridized carbons (Fsp3) is 0.846. The van der Waals surface area contributed by atoms with E-state index < -0.39 is 37.1 Å². The van der Waals surface area contributed by atoms with Crippen molar-refractivity contribution in [3.63, 3.8) is 0 Å². The summed E-state index contributed by atoms with van der Waals surface area (Å²) in [4.78, 5) is 22.2. The summed E-state index contributed by atoms with van der Waals surface area (Å²) in [6.45, 7) is 1.57. The number of hydrogen-bond acceptors (Lipinski definition) is 3. The van der Waals surface area contributed by atoms with Crippen molar-refractivity contribution < 1.29 is 32.6 Å². The number of ether oxygens (including phenoxy) is 1. The number of rotatable bonds is 6. The summed E-state index contributed by atoms with van der Waals surface area (Å²) in [5.41, 5.74) is 0. The molecule has 1 rings (SSSR count). The van der Waals surface area contributed by atoms with Crippen molar-refractivity contribution in [2.24, 2.45) is 5.92 Å². The standard InChI is InChI=1S/C13H20F3NO4/c1-8-4-2-3-5-10(8)21-7-11(18)17-9(12(19)20)6-13(14,15)16/h8-10H,2-7H2,1H3,(H,17,18)(H,19,20). The van der Waals surface area contributed by atoms with Crippen LogP contribution in [0.25, 0.3) is 0 Å². The lowest BCUT2D eigenvalue weighted by Gasteiger charge is -2.28. The average Bonchev–Trinajstić information content (AvgIpc) is 2.35. The quantitative estimate of drug-likeness (QED) is 0.788.